The first kappa shape index (κ1) is 33.0. The lowest BCUT2D eigenvalue weighted by molar-refractivity contribution is 0.298. The van der Waals surface area contributed by atoms with Gasteiger partial charge in [-0.2, -0.15) is 0 Å². The average molecular weight is 685 g/mol. The molecule has 0 saturated heterocycles. The molecule has 0 spiro atoms. The molecule has 1 unspecified atom stereocenters. The number of rotatable bonds is 11. The lowest BCUT2D eigenvalue weighted by atomic mass is 9.86. The second kappa shape index (κ2) is 12.9. The van der Waals surface area contributed by atoms with Crippen LogP contribution in [0.4, 0.5) is 5.69 Å². The van der Waals surface area contributed by atoms with Gasteiger partial charge in [0.25, 0.3) is 5.56 Å². The van der Waals surface area contributed by atoms with Gasteiger partial charge in [0.15, 0.2) is 9.84 Å². The van der Waals surface area contributed by atoms with Crippen LogP contribution in [-0.4, -0.2) is 41.8 Å². The molecule has 5 aromatic rings. The van der Waals surface area contributed by atoms with Gasteiger partial charge in [-0.25, -0.2) is 20.8 Å². The molecule has 1 aliphatic carbocycles. The van der Waals surface area contributed by atoms with E-state index in [0.717, 1.165) is 32.1 Å². The second-order valence-corrected chi connectivity index (χ2v) is 16.6. The molecule has 3 heterocycles. The Morgan fingerprint density at radius 1 is 1.02 bits per heavy atom. The van der Waals surface area contributed by atoms with Gasteiger partial charge in [-0.15, -0.1) is 0 Å². The Balaban J connectivity index is 1.31. The van der Waals surface area contributed by atoms with Crippen LogP contribution in [0.1, 0.15) is 42.7 Å². The van der Waals surface area contributed by atoms with E-state index < -0.39 is 30.2 Å². The van der Waals surface area contributed by atoms with Crippen molar-refractivity contribution in [3.63, 3.8) is 0 Å². The molecule has 3 aromatic heterocycles. The second-order valence-electron chi connectivity index (χ2n) is 12.2. The molecule has 12 heteroatoms. The summed E-state index contributed by atoms with van der Waals surface area (Å²) in [5, 5.41) is 4.02. The van der Waals surface area contributed by atoms with Crippen molar-refractivity contribution in [1.82, 2.24) is 13.9 Å². The van der Waals surface area contributed by atoms with Crippen LogP contribution in [0.25, 0.3) is 16.5 Å². The molecule has 0 amide bonds. The molecule has 1 aliphatic rings. The number of pyridine rings is 2. The summed E-state index contributed by atoms with van der Waals surface area (Å²) in [5.41, 5.74) is 4.75. The number of hydrogen-bond donors (Lipinski definition) is 2. The van der Waals surface area contributed by atoms with E-state index in [4.69, 9.17) is 4.74 Å². The number of allylic oxidation sites excluding steroid dienone is 3. The Labute approximate surface area is 279 Å². The maximum absolute atomic E-state index is 14.1. The summed E-state index contributed by atoms with van der Waals surface area (Å²) in [6, 6.07) is 22.1. The highest BCUT2D eigenvalue weighted by Gasteiger charge is 2.43. The Kier molecular flexibility index (Phi) is 8.88. The van der Waals surface area contributed by atoms with Crippen molar-refractivity contribution in [2.45, 2.75) is 43.9 Å². The van der Waals surface area contributed by atoms with E-state index in [-0.39, 0.29) is 17.7 Å². The number of para-hydroxylation sites is 1. The Morgan fingerprint density at radius 2 is 1.81 bits per heavy atom. The molecule has 0 fully saturated rings. The molecule has 2 N–H and O–H groups in total. The maximum atomic E-state index is 14.1. The number of anilines is 1. The van der Waals surface area contributed by atoms with E-state index in [2.05, 4.69) is 15.3 Å². The van der Waals surface area contributed by atoms with E-state index in [1.807, 2.05) is 66.7 Å². The van der Waals surface area contributed by atoms with Gasteiger partial charge in [-0.05, 0) is 79.4 Å². The average Bonchev–Trinajstić information content (AvgIpc) is 3.51. The van der Waals surface area contributed by atoms with Crippen LogP contribution < -0.4 is 15.6 Å². The minimum Gasteiger partial charge on any atom is -0.487 e. The quantitative estimate of drug-likeness (QED) is 0.177. The topological polar surface area (TPSA) is 140 Å². The predicted octanol–water partition coefficient (Wildman–Crippen LogP) is 5.83. The van der Waals surface area contributed by atoms with Gasteiger partial charge >= 0.3 is 0 Å². The molecular weight excluding hydrogens is 649 g/mol. The van der Waals surface area contributed by atoms with Crippen LogP contribution in [0.15, 0.2) is 114 Å². The molecular formula is C36H36N4O6S2. The van der Waals surface area contributed by atoms with E-state index in [1.165, 1.54) is 18.6 Å². The van der Waals surface area contributed by atoms with Crippen LogP contribution in [0.3, 0.4) is 0 Å². The summed E-state index contributed by atoms with van der Waals surface area (Å²) in [7, 11) is -7.38. The van der Waals surface area contributed by atoms with E-state index in [0.29, 0.717) is 35.4 Å². The van der Waals surface area contributed by atoms with Gasteiger partial charge in [0, 0.05) is 53.6 Å². The van der Waals surface area contributed by atoms with Crippen LogP contribution in [0.2, 0.25) is 0 Å². The number of fused-ring (bicyclic) bond motifs is 1. The van der Waals surface area contributed by atoms with Crippen molar-refractivity contribution >= 4 is 42.0 Å². The van der Waals surface area contributed by atoms with E-state index in [9.17, 15) is 21.6 Å². The lowest BCUT2D eigenvalue weighted by Gasteiger charge is -2.33. The summed E-state index contributed by atoms with van der Waals surface area (Å²) in [6.45, 7) is 4.15. The fraction of sp³-hybridized carbons (Fsp3) is 0.222. The molecule has 48 heavy (non-hydrogen) atoms. The highest BCUT2D eigenvalue weighted by Crippen LogP contribution is 2.41. The third-order valence-corrected chi connectivity index (χ3v) is 12.0. The number of benzene rings is 2. The summed E-state index contributed by atoms with van der Waals surface area (Å²) >= 11 is 0. The fourth-order valence-corrected chi connectivity index (χ4v) is 8.52. The van der Waals surface area contributed by atoms with Crippen LogP contribution >= 0.6 is 0 Å². The number of aromatic amines is 1. The number of aromatic nitrogens is 3. The highest BCUT2D eigenvalue weighted by atomic mass is 32.2. The normalized spacial score (nSPS) is 16.7. The first-order valence-electron chi connectivity index (χ1n) is 15.3. The Morgan fingerprint density at radius 3 is 2.56 bits per heavy atom. The van der Waals surface area contributed by atoms with Crippen molar-refractivity contribution in [3.05, 3.63) is 142 Å². The zero-order chi connectivity index (χ0) is 34.1. The Hall–Kier alpha value is -4.94. The van der Waals surface area contributed by atoms with Crippen LogP contribution in [0.5, 0.6) is 5.75 Å². The highest BCUT2D eigenvalue weighted by molar-refractivity contribution is 7.91. The first-order chi connectivity index (χ1) is 22.9. The van der Waals surface area contributed by atoms with E-state index >= 15 is 0 Å². The van der Waals surface area contributed by atoms with Gasteiger partial charge < -0.3 is 15.0 Å². The Bertz CT molecular complexity index is 2340. The lowest BCUT2D eigenvalue weighted by Crippen LogP contribution is -2.41. The standard InChI is InChI=1S/C36H36N4O6S2/c1-25-20-28(13-16-36(25,2)48(44,45)40-19-15-27-14-18-38-35(41)34(27)40)31-21-26(24-47(3,42)43)11-12-32(31)39-22-29-8-4-5-10-33(29)46-23-30-9-6-7-17-37-30/h4-15,17-21,39H,16,22-24H2,1-3H3,(H,38,41). The van der Waals surface area contributed by atoms with Crippen molar-refractivity contribution in [2.24, 2.45) is 0 Å². The molecule has 0 radical (unpaired) electrons. The number of nitrogens with zero attached hydrogens (tertiary/aromatic N) is 2. The van der Waals surface area contributed by atoms with Crippen LogP contribution in [-0.2, 0) is 38.8 Å². The molecule has 0 bridgehead atoms. The summed E-state index contributed by atoms with van der Waals surface area (Å²) in [6.07, 6.45) is 9.64. The maximum Gasteiger partial charge on any atom is 0.273 e. The minimum absolute atomic E-state index is 0.0746. The number of sulfone groups is 1. The smallest absolute Gasteiger partial charge is 0.273 e. The molecule has 248 valence electrons. The van der Waals surface area contributed by atoms with Crippen molar-refractivity contribution in [1.29, 1.82) is 0 Å². The summed E-state index contributed by atoms with van der Waals surface area (Å²) in [5.74, 6) is 0.567. The first-order valence-corrected chi connectivity index (χ1v) is 18.8. The number of ether oxygens (including phenoxy) is 1. The van der Waals surface area contributed by atoms with Crippen molar-refractivity contribution in [2.75, 3.05) is 11.6 Å². The molecule has 2 aromatic carbocycles. The third kappa shape index (κ3) is 6.58. The van der Waals surface area contributed by atoms with Crippen LogP contribution in [0, 0.1) is 0 Å². The SMILES string of the molecule is CC1=CC(c2cc(CS(C)(=O)=O)ccc2NCc2ccccc2OCc2ccccn2)=CCC1(C)S(=O)(=O)n1ccc2cc[nH]c(=O)c21. The van der Waals surface area contributed by atoms with E-state index in [1.54, 1.807) is 38.2 Å². The predicted molar refractivity (Wildman–Crippen MR) is 189 cm³/mol. The number of nitrogens with one attached hydrogen (secondary N) is 2. The molecule has 0 aliphatic heterocycles. The van der Waals surface area contributed by atoms with Gasteiger partial charge in [0.05, 0.1) is 11.4 Å². The van der Waals surface area contributed by atoms with Gasteiger partial charge in [0.1, 0.15) is 22.6 Å². The fourth-order valence-electron chi connectivity index (χ4n) is 5.89. The summed E-state index contributed by atoms with van der Waals surface area (Å²) < 4.78 is 58.5. The van der Waals surface area contributed by atoms with Crippen molar-refractivity contribution < 1.29 is 21.6 Å². The monoisotopic (exact) mass is 684 g/mol. The largest absolute Gasteiger partial charge is 0.487 e. The minimum atomic E-state index is -4.07. The van der Waals surface area contributed by atoms with Gasteiger partial charge in [-0.3, -0.25) is 9.78 Å². The van der Waals surface area contributed by atoms with Gasteiger partial charge in [-0.1, -0.05) is 42.5 Å². The number of H-pyrrole nitrogens is 1. The third-order valence-electron chi connectivity index (χ3n) is 8.69. The summed E-state index contributed by atoms with van der Waals surface area (Å²) in [4.78, 5) is 19.5. The molecule has 6 rings (SSSR count). The van der Waals surface area contributed by atoms with Gasteiger partial charge in [0.2, 0.25) is 10.0 Å². The molecule has 0 saturated carbocycles. The zero-order valence-electron chi connectivity index (χ0n) is 26.8. The molecule has 1 atom stereocenters. The molecule has 10 nitrogen and oxygen atoms in total. The zero-order valence-corrected chi connectivity index (χ0v) is 28.4. The van der Waals surface area contributed by atoms with Crippen molar-refractivity contribution in [3.8, 4) is 5.75 Å². The number of hydrogen-bond acceptors (Lipinski definition) is 8.